The molecule has 2 aromatic rings. The second-order valence-electron chi connectivity index (χ2n) is 4.98. The van der Waals surface area contributed by atoms with Gasteiger partial charge in [0.2, 0.25) is 5.91 Å². The summed E-state index contributed by atoms with van der Waals surface area (Å²) < 4.78 is 24.6. The van der Waals surface area contributed by atoms with Crippen LogP contribution in [0.2, 0.25) is 0 Å². The summed E-state index contributed by atoms with van der Waals surface area (Å²) in [6.45, 7) is 1.21. The van der Waals surface area contributed by atoms with Gasteiger partial charge in [-0.2, -0.15) is 0 Å². The molecule has 0 saturated heterocycles. The van der Waals surface area contributed by atoms with Crippen LogP contribution in [-0.4, -0.2) is 24.9 Å². The molecule has 3 rings (SSSR count). The van der Waals surface area contributed by atoms with Crippen LogP contribution in [0.3, 0.4) is 0 Å². The van der Waals surface area contributed by atoms with E-state index in [4.69, 9.17) is 9.47 Å². The predicted octanol–water partition coefficient (Wildman–Crippen LogP) is 3.72. The molecule has 4 nitrogen and oxygen atoms in total. The number of rotatable bonds is 4. The first-order valence-corrected chi connectivity index (χ1v) is 8.28. The topological polar surface area (TPSA) is 47.6 Å². The molecule has 120 valence electrons. The zero-order chi connectivity index (χ0) is 16.1. The number of fused-ring (bicyclic) bond motifs is 1. The third-order valence-electron chi connectivity index (χ3n) is 3.23. The SMILES string of the molecule is O=C(CSc1ccccc1F)Nc1ccc2c(c1)OCCCO2. The number of hydrogen-bond acceptors (Lipinski definition) is 4. The van der Waals surface area contributed by atoms with Gasteiger partial charge in [-0.1, -0.05) is 12.1 Å². The zero-order valence-corrected chi connectivity index (χ0v) is 13.2. The average molecular weight is 333 g/mol. The van der Waals surface area contributed by atoms with E-state index in [2.05, 4.69) is 5.32 Å². The Balaban J connectivity index is 1.60. The minimum atomic E-state index is -0.319. The van der Waals surface area contributed by atoms with Gasteiger partial charge in [-0.3, -0.25) is 4.79 Å². The van der Waals surface area contributed by atoms with Crippen LogP contribution in [0.5, 0.6) is 11.5 Å². The van der Waals surface area contributed by atoms with Gasteiger partial charge < -0.3 is 14.8 Å². The second kappa shape index (κ2) is 7.37. The van der Waals surface area contributed by atoms with Crippen molar-refractivity contribution in [3.63, 3.8) is 0 Å². The van der Waals surface area contributed by atoms with Gasteiger partial charge in [0.05, 0.1) is 19.0 Å². The second-order valence-corrected chi connectivity index (χ2v) is 6.00. The van der Waals surface area contributed by atoms with Crippen molar-refractivity contribution in [3.05, 3.63) is 48.3 Å². The lowest BCUT2D eigenvalue weighted by Gasteiger charge is -2.10. The van der Waals surface area contributed by atoms with Gasteiger partial charge in [0, 0.05) is 23.1 Å². The summed E-state index contributed by atoms with van der Waals surface area (Å²) in [4.78, 5) is 12.5. The van der Waals surface area contributed by atoms with Crippen LogP contribution in [0.15, 0.2) is 47.4 Å². The third-order valence-corrected chi connectivity index (χ3v) is 4.28. The van der Waals surface area contributed by atoms with Crippen LogP contribution in [0.4, 0.5) is 10.1 Å². The molecule has 6 heteroatoms. The molecule has 23 heavy (non-hydrogen) atoms. The van der Waals surface area contributed by atoms with E-state index in [1.54, 1.807) is 36.4 Å². The Hall–Kier alpha value is -2.21. The lowest BCUT2D eigenvalue weighted by atomic mass is 10.2. The first-order chi connectivity index (χ1) is 11.2. The summed E-state index contributed by atoms with van der Waals surface area (Å²) in [5.74, 6) is 0.923. The van der Waals surface area contributed by atoms with E-state index in [0.29, 0.717) is 35.3 Å². The van der Waals surface area contributed by atoms with Crippen LogP contribution in [-0.2, 0) is 4.79 Å². The molecule has 0 saturated carbocycles. The fraction of sp³-hybridized carbons (Fsp3) is 0.235. The Morgan fingerprint density at radius 1 is 1.13 bits per heavy atom. The molecular formula is C17H16FNO3S. The third kappa shape index (κ3) is 4.16. The maximum absolute atomic E-state index is 13.5. The summed E-state index contributed by atoms with van der Waals surface area (Å²) in [6, 6.07) is 11.7. The summed E-state index contributed by atoms with van der Waals surface area (Å²) in [6.07, 6.45) is 0.829. The molecule has 0 radical (unpaired) electrons. The van der Waals surface area contributed by atoms with Crippen LogP contribution < -0.4 is 14.8 Å². The molecule has 2 aromatic carbocycles. The summed E-state index contributed by atoms with van der Waals surface area (Å²) >= 11 is 1.16. The predicted molar refractivity (Wildman–Crippen MR) is 87.8 cm³/mol. The van der Waals surface area contributed by atoms with Crippen LogP contribution in [0.25, 0.3) is 0 Å². The maximum Gasteiger partial charge on any atom is 0.234 e. The maximum atomic E-state index is 13.5. The Labute approximate surface area is 138 Å². The Bertz CT molecular complexity index is 708. The number of halogens is 1. The molecule has 0 spiro atoms. The molecular weight excluding hydrogens is 317 g/mol. The highest BCUT2D eigenvalue weighted by Crippen LogP contribution is 2.32. The molecule has 1 N–H and O–H groups in total. The first-order valence-electron chi connectivity index (χ1n) is 7.29. The molecule has 1 heterocycles. The summed E-state index contributed by atoms with van der Waals surface area (Å²) in [7, 11) is 0. The Morgan fingerprint density at radius 2 is 1.91 bits per heavy atom. The normalized spacial score (nSPS) is 13.3. The number of hydrogen-bond donors (Lipinski definition) is 1. The Kier molecular flexibility index (Phi) is 5.02. The van der Waals surface area contributed by atoms with E-state index >= 15 is 0 Å². The highest BCUT2D eigenvalue weighted by Gasteiger charge is 2.12. The molecule has 0 bridgehead atoms. The van der Waals surface area contributed by atoms with E-state index < -0.39 is 0 Å². The number of carbonyl (C=O) groups is 1. The molecule has 0 atom stereocenters. The fourth-order valence-corrected chi connectivity index (χ4v) is 2.88. The average Bonchev–Trinajstić information content (AvgIpc) is 2.79. The van der Waals surface area contributed by atoms with Crippen LogP contribution >= 0.6 is 11.8 Å². The van der Waals surface area contributed by atoms with E-state index in [1.807, 2.05) is 0 Å². The van der Waals surface area contributed by atoms with Gasteiger partial charge in [-0.25, -0.2) is 4.39 Å². The number of thioether (sulfide) groups is 1. The van der Waals surface area contributed by atoms with Gasteiger partial charge in [-0.05, 0) is 24.3 Å². The van der Waals surface area contributed by atoms with Gasteiger partial charge >= 0.3 is 0 Å². The minimum absolute atomic E-state index is 0.134. The first kappa shape index (κ1) is 15.7. The monoisotopic (exact) mass is 333 g/mol. The quantitative estimate of drug-likeness (QED) is 0.867. The van der Waals surface area contributed by atoms with Crippen molar-refractivity contribution < 1.29 is 18.7 Å². The summed E-state index contributed by atoms with van der Waals surface area (Å²) in [5.41, 5.74) is 0.633. The van der Waals surface area contributed by atoms with Gasteiger partial charge in [0.1, 0.15) is 5.82 Å². The standard InChI is InChI=1S/C17H16FNO3S/c18-13-4-1-2-5-16(13)23-11-17(20)19-12-6-7-14-15(10-12)22-9-3-8-21-14/h1-2,4-7,10H,3,8-9,11H2,(H,19,20). The van der Waals surface area contributed by atoms with Crippen molar-refractivity contribution in [3.8, 4) is 11.5 Å². The largest absolute Gasteiger partial charge is 0.490 e. The molecule has 1 aliphatic rings. The smallest absolute Gasteiger partial charge is 0.234 e. The molecule has 0 aromatic heterocycles. The van der Waals surface area contributed by atoms with E-state index in [1.165, 1.54) is 6.07 Å². The van der Waals surface area contributed by atoms with Crippen molar-refractivity contribution >= 4 is 23.4 Å². The molecule has 1 amide bonds. The number of anilines is 1. The minimum Gasteiger partial charge on any atom is -0.490 e. The Morgan fingerprint density at radius 3 is 2.74 bits per heavy atom. The molecule has 1 aliphatic heterocycles. The van der Waals surface area contributed by atoms with Crippen LogP contribution in [0.1, 0.15) is 6.42 Å². The molecule has 0 fully saturated rings. The van der Waals surface area contributed by atoms with E-state index in [9.17, 15) is 9.18 Å². The highest BCUT2D eigenvalue weighted by atomic mass is 32.2. The van der Waals surface area contributed by atoms with Gasteiger partial charge in [0.15, 0.2) is 11.5 Å². The van der Waals surface area contributed by atoms with Crippen LogP contribution in [0, 0.1) is 5.82 Å². The van der Waals surface area contributed by atoms with E-state index in [0.717, 1.165) is 18.2 Å². The van der Waals surface area contributed by atoms with E-state index in [-0.39, 0.29) is 17.5 Å². The molecule has 0 aliphatic carbocycles. The highest BCUT2D eigenvalue weighted by molar-refractivity contribution is 8.00. The summed E-state index contributed by atoms with van der Waals surface area (Å²) in [5, 5.41) is 2.78. The lowest BCUT2D eigenvalue weighted by Crippen LogP contribution is -2.14. The van der Waals surface area contributed by atoms with Crippen molar-refractivity contribution in [2.45, 2.75) is 11.3 Å². The zero-order valence-electron chi connectivity index (χ0n) is 12.4. The van der Waals surface area contributed by atoms with Gasteiger partial charge in [0.25, 0.3) is 0 Å². The molecule has 0 unspecified atom stereocenters. The van der Waals surface area contributed by atoms with Crippen molar-refractivity contribution in [2.75, 3.05) is 24.3 Å². The van der Waals surface area contributed by atoms with Crippen molar-refractivity contribution in [2.24, 2.45) is 0 Å². The number of nitrogens with one attached hydrogen (secondary N) is 1. The number of amides is 1. The number of benzene rings is 2. The fourth-order valence-electron chi connectivity index (χ4n) is 2.14. The number of carbonyl (C=O) groups excluding carboxylic acids is 1. The van der Waals surface area contributed by atoms with Crippen molar-refractivity contribution in [1.82, 2.24) is 0 Å². The lowest BCUT2D eigenvalue weighted by molar-refractivity contribution is -0.113. The van der Waals surface area contributed by atoms with Gasteiger partial charge in [-0.15, -0.1) is 11.8 Å². The number of ether oxygens (including phenoxy) is 2. The van der Waals surface area contributed by atoms with Crippen molar-refractivity contribution in [1.29, 1.82) is 0 Å².